The SMILES string of the molecule is CC(=O)Nc1ccc(NC(=O)CN2CCOCC(Cc3cccc4occc34)C2)cc1. The van der Waals surface area contributed by atoms with Crippen LogP contribution >= 0.6 is 0 Å². The fourth-order valence-electron chi connectivity index (χ4n) is 4.01. The number of amides is 2. The molecule has 1 atom stereocenters. The fraction of sp³-hybridized carbons (Fsp3) is 0.333. The van der Waals surface area contributed by atoms with Crippen LogP contribution in [0.25, 0.3) is 11.0 Å². The summed E-state index contributed by atoms with van der Waals surface area (Å²) in [5.41, 5.74) is 3.54. The number of benzene rings is 2. The van der Waals surface area contributed by atoms with Gasteiger partial charge in [-0.15, -0.1) is 0 Å². The quantitative estimate of drug-likeness (QED) is 0.636. The summed E-state index contributed by atoms with van der Waals surface area (Å²) < 4.78 is 11.3. The van der Waals surface area contributed by atoms with Gasteiger partial charge < -0.3 is 19.8 Å². The minimum absolute atomic E-state index is 0.0649. The molecular weight excluding hydrogens is 394 g/mol. The van der Waals surface area contributed by atoms with Crippen LogP contribution in [0.15, 0.2) is 59.2 Å². The Balaban J connectivity index is 1.34. The number of furan rings is 1. The molecule has 31 heavy (non-hydrogen) atoms. The maximum absolute atomic E-state index is 12.6. The lowest BCUT2D eigenvalue weighted by Gasteiger charge is -2.23. The summed E-state index contributed by atoms with van der Waals surface area (Å²) in [5, 5.41) is 6.78. The molecule has 1 fully saturated rings. The van der Waals surface area contributed by atoms with Gasteiger partial charge in [0.05, 0.1) is 26.0 Å². The Morgan fingerprint density at radius 1 is 1.06 bits per heavy atom. The molecule has 2 N–H and O–H groups in total. The number of fused-ring (bicyclic) bond motifs is 1. The van der Waals surface area contributed by atoms with Crippen molar-refractivity contribution in [3.05, 3.63) is 60.4 Å². The first-order valence-electron chi connectivity index (χ1n) is 10.5. The predicted molar refractivity (Wildman–Crippen MR) is 120 cm³/mol. The molecule has 1 unspecified atom stereocenters. The first-order valence-corrected chi connectivity index (χ1v) is 10.5. The number of ether oxygens (including phenoxy) is 1. The van der Waals surface area contributed by atoms with Gasteiger partial charge in [0.2, 0.25) is 11.8 Å². The lowest BCUT2D eigenvalue weighted by atomic mass is 9.97. The van der Waals surface area contributed by atoms with Gasteiger partial charge in [-0.05, 0) is 54.3 Å². The molecule has 0 bridgehead atoms. The van der Waals surface area contributed by atoms with Gasteiger partial charge in [-0.1, -0.05) is 12.1 Å². The number of carbonyl (C=O) groups is 2. The van der Waals surface area contributed by atoms with Crippen molar-refractivity contribution in [3.8, 4) is 0 Å². The van der Waals surface area contributed by atoms with Gasteiger partial charge in [0.1, 0.15) is 5.58 Å². The predicted octanol–water partition coefficient (Wildman–Crippen LogP) is 3.52. The van der Waals surface area contributed by atoms with E-state index in [1.54, 1.807) is 30.5 Å². The van der Waals surface area contributed by atoms with E-state index in [1.165, 1.54) is 12.5 Å². The average Bonchev–Trinajstić information content (AvgIpc) is 3.12. The molecule has 1 aromatic heterocycles. The average molecular weight is 421 g/mol. The lowest BCUT2D eigenvalue weighted by molar-refractivity contribution is -0.117. The summed E-state index contributed by atoms with van der Waals surface area (Å²) in [4.78, 5) is 25.8. The van der Waals surface area contributed by atoms with Crippen LogP contribution in [0.2, 0.25) is 0 Å². The van der Waals surface area contributed by atoms with E-state index in [2.05, 4.69) is 21.6 Å². The summed E-state index contributed by atoms with van der Waals surface area (Å²) in [6.45, 7) is 4.58. The highest BCUT2D eigenvalue weighted by Crippen LogP contribution is 2.23. The summed E-state index contributed by atoms with van der Waals surface area (Å²) >= 11 is 0. The van der Waals surface area contributed by atoms with Crippen molar-refractivity contribution in [2.45, 2.75) is 13.3 Å². The van der Waals surface area contributed by atoms with Crippen LogP contribution in [0.4, 0.5) is 11.4 Å². The normalized spacial score (nSPS) is 17.3. The summed E-state index contributed by atoms with van der Waals surface area (Å²) in [6, 6.07) is 15.2. The molecule has 1 aliphatic rings. The van der Waals surface area contributed by atoms with Crippen LogP contribution in [0.3, 0.4) is 0 Å². The van der Waals surface area contributed by atoms with E-state index in [1.807, 2.05) is 18.2 Å². The minimum Gasteiger partial charge on any atom is -0.464 e. The van der Waals surface area contributed by atoms with Crippen molar-refractivity contribution >= 4 is 34.2 Å². The molecule has 7 heteroatoms. The monoisotopic (exact) mass is 421 g/mol. The molecule has 3 aromatic rings. The zero-order valence-corrected chi connectivity index (χ0v) is 17.6. The zero-order chi connectivity index (χ0) is 21.6. The number of nitrogens with one attached hydrogen (secondary N) is 2. The molecule has 2 heterocycles. The molecular formula is C24H27N3O4. The molecule has 7 nitrogen and oxygen atoms in total. The van der Waals surface area contributed by atoms with Gasteiger partial charge in [-0.3, -0.25) is 14.5 Å². The smallest absolute Gasteiger partial charge is 0.238 e. The summed E-state index contributed by atoms with van der Waals surface area (Å²) in [7, 11) is 0. The molecule has 162 valence electrons. The number of rotatable bonds is 6. The van der Waals surface area contributed by atoms with Gasteiger partial charge in [-0.25, -0.2) is 0 Å². The standard InChI is InChI=1S/C24H27N3O4/c1-17(28)25-20-5-7-21(8-6-20)26-24(29)15-27-10-12-30-16-18(14-27)13-19-3-2-4-23-22(19)9-11-31-23/h2-9,11,18H,10,12-16H2,1H3,(H,25,28)(H,26,29). The Bertz CT molecular complexity index is 1040. The number of hydrogen-bond acceptors (Lipinski definition) is 5. The molecule has 0 radical (unpaired) electrons. The summed E-state index contributed by atoms with van der Waals surface area (Å²) in [5.74, 6) is 0.108. The number of carbonyl (C=O) groups excluding carboxylic acids is 2. The molecule has 1 saturated heterocycles. The lowest BCUT2D eigenvalue weighted by Crippen LogP contribution is -2.37. The zero-order valence-electron chi connectivity index (χ0n) is 17.6. The van der Waals surface area contributed by atoms with Gasteiger partial charge in [0, 0.05) is 36.8 Å². The maximum Gasteiger partial charge on any atom is 0.238 e. The van der Waals surface area contributed by atoms with E-state index in [-0.39, 0.29) is 11.8 Å². The van der Waals surface area contributed by atoms with Crippen LogP contribution in [0.1, 0.15) is 12.5 Å². The molecule has 0 aliphatic carbocycles. The molecule has 2 amide bonds. The third-order valence-corrected chi connectivity index (χ3v) is 5.37. The first kappa shape index (κ1) is 21.1. The maximum atomic E-state index is 12.6. The van der Waals surface area contributed by atoms with Crippen LogP contribution in [-0.4, -0.2) is 49.6 Å². The molecule has 0 saturated carbocycles. The number of hydrogen-bond donors (Lipinski definition) is 2. The van der Waals surface area contributed by atoms with Crippen molar-refractivity contribution in [3.63, 3.8) is 0 Å². The van der Waals surface area contributed by atoms with Crippen LogP contribution < -0.4 is 10.6 Å². The molecule has 2 aromatic carbocycles. The number of nitrogens with zero attached hydrogens (tertiary/aromatic N) is 1. The molecule has 4 rings (SSSR count). The third-order valence-electron chi connectivity index (χ3n) is 5.37. The second-order valence-corrected chi connectivity index (χ2v) is 7.94. The van der Waals surface area contributed by atoms with E-state index in [0.29, 0.717) is 37.1 Å². The largest absolute Gasteiger partial charge is 0.464 e. The number of anilines is 2. The van der Waals surface area contributed by atoms with Crippen molar-refractivity contribution in [2.75, 3.05) is 43.5 Å². The Labute approximate surface area is 181 Å². The van der Waals surface area contributed by atoms with E-state index >= 15 is 0 Å². The topological polar surface area (TPSA) is 83.8 Å². The van der Waals surface area contributed by atoms with Crippen molar-refractivity contribution < 1.29 is 18.7 Å². The Morgan fingerprint density at radius 2 is 1.84 bits per heavy atom. The second-order valence-electron chi connectivity index (χ2n) is 7.94. The van der Waals surface area contributed by atoms with E-state index < -0.39 is 0 Å². The third kappa shape index (κ3) is 5.71. The van der Waals surface area contributed by atoms with E-state index in [0.717, 1.165) is 30.5 Å². The minimum atomic E-state index is -0.126. The van der Waals surface area contributed by atoms with Crippen molar-refractivity contribution in [2.24, 2.45) is 5.92 Å². The van der Waals surface area contributed by atoms with Crippen LogP contribution in [0, 0.1) is 5.92 Å². The second kappa shape index (κ2) is 9.76. The Hall–Kier alpha value is -3.16. The molecule has 1 aliphatic heterocycles. The first-order chi connectivity index (χ1) is 15.1. The van der Waals surface area contributed by atoms with Crippen LogP contribution in [-0.2, 0) is 20.7 Å². The fourth-order valence-corrected chi connectivity index (χ4v) is 4.01. The highest BCUT2D eigenvalue weighted by atomic mass is 16.5. The van der Waals surface area contributed by atoms with E-state index in [4.69, 9.17) is 9.15 Å². The summed E-state index contributed by atoms with van der Waals surface area (Å²) in [6.07, 6.45) is 2.59. The Morgan fingerprint density at radius 3 is 2.61 bits per heavy atom. The van der Waals surface area contributed by atoms with Crippen molar-refractivity contribution in [1.82, 2.24) is 4.90 Å². The molecule has 0 spiro atoms. The Kier molecular flexibility index (Phi) is 6.64. The van der Waals surface area contributed by atoms with Gasteiger partial charge in [0.15, 0.2) is 0 Å². The van der Waals surface area contributed by atoms with Gasteiger partial charge in [-0.2, -0.15) is 0 Å². The van der Waals surface area contributed by atoms with Crippen molar-refractivity contribution in [1.29, 1.82) is 0 Å². The highest BCUT2D eigenvalue weighted by molar-refractivity contribution is 5.93. The van der Waals surface area contributed by atoms with Crippen LogP contribution in [0.5, 0.6) is 0 Å². The van der Waals surface area contributed by atoms with Gasteiger partial charge >= 0.3 is 0 Å². The van der Waals surface area contributed by atoms with Gasteiger partial charge in [0.25, 0.3) is 0 Å². The highest BCUT2D eigenvalue weighted by Gasteiger charge is 2.22. The van der Waals surface area contributed by atoms with E-state index in [9.17, 15) is 9.59 Å².